The summed E-state index contributed by atoms with van der Waals surface area (Å²) in [6.07, 6.45) is 3.79. The number of hydrogen-bond donors (Lipinski definition) is 1. The lowest BCUT2D eigenvalue weighted by Gasteiger charge is -2.26. The Labute approximate surface area is 158 Å². The summed E-state index contributed by atoms with van der Waals surface area (Å²) in [5.41, 5.74) is 2.65. The van der Waals surface area contributed by atoms with Gasteiger partial charge in [0.15, 0.2) is 5.69 Å². The molecule has 0 spiro atoms. The first kappa shape index (κ1) is 17.5. The summed E-state index contributed by atoms with van der Waals surface area (Å²) in [6, 6.07) is 15.5. The van der Waals surface area contributed by atoms with E-state index in [1.54, 1.807) is 12.1 Å². The van der Waals surface area contributed by atoms with Crippen molar-refractivity contribution in [3.63, 3.8) is 0 Å². The van der Waals surface area contributed by atoms with E-state index in [2.05, 4.69) is 22.5 Å². The normalized spacial score (nSPS) is 16.1. The molecule has 0 fully saturated rings. The summed E-state index contributed by atoms with van der Waals surface area (Å²) in [4.78, 5) is 25.7. The molecule has 0 saturated carbocycles. The number of rotatable bonds is 4. The fourth-order valence-corrected chi connectivity index (χ4v) is 3.90. The molecule has 27 heavy (non-hydrogen) atoms. The van der Waals surface area contributed by atoms with Crippen LogP contribution in [-0.2, 0) is 13.0 Å². The van der Waals surface area contributed by atoms with Crippen LogP contribution in [0.25, 0.3) is 10.8 Å². The van der Waals surface area contributed by atoms with Gasteiger partial charge in [-0.05, 0) is 42.9 Å². The quantitative estimate of drug-likeness (QED) is 0.772. The molecule has 1 N–H and O–H groups in total. The average Bonchev–Trinajstić information content (AvgIpc) is 2.70. The highest BCUT2D eigenvalue weighted by molar-refractivity contribution is 6.04. The van der Waals surface area contributed by atoms with Crippen molar-refractivity contribution in [1.29, 1.82) is 0 Å². The Hall–Kier alpha value is -2.95. The van der Waals surface area contributed by atoms with Gasteiger partial charge < -0.3 is 5.32 Å². The molecule has 0 saturated heterocycles. The molecule has 0 aliphatic heterocycles. The predicted molar refractivity (Wildman–Crippen MR) is 106 cm³/mol. The first-order valence-corrected chi connectivity index (χ1v) is 9.57. The molecule has 2 aromatic carbocycles. The number of aryl methyl sites for hydroxylation is 2. The number of hydrogen-bond acceptors (Lipinski definition) is 3. The maximum Gasteiger partial charge on any atom is 0.274 e. The Bertz CT molecular complexity index is 1050. The lowest BCUT2D eigenvalue weighted by molar-refractivity contribution is 0.0927. The van der Waals surface area contributed by atoms with Crippen molar-refractivity contribution in [1.82, 2.24) is 15.1 Å². The maximum absolute atomic E-state index is 13.1. The van der Waals surface area contributed by atoms with Crippen LogP contribution in [0.3, 0.4) is 0 Å². The number of nitrogens with one attached hydrogen (secondary N) is 1. The van der Waals surface area contributed by atoms with Crippen molar-refractivity contribution < 1.29 is 4.79 Å². The molecule has 5 nitrogen and oxygen atoms in total. The summed E-state index contributed by atoms with van der Waals surface area (Å²) in [7, 11) is 0. The lowest BCUT2D eigenvalue weighted by Crippen LogP contribution is -2.34. The second-order valence-electron chi connectivity index (χ2n) is 7.04. The third-order valence-electron chi connectivity index (χ3n) is 5.19. The highest BCUT2D eigenvalue weighted by Gasteiger charge is 2.24. The van der Waals surface area contributed by atoms with E-state index < -0.39 is 0 Å². The Kier molecular flexibility index (Phi) is 4.75. The summed E-state index contributed by atoms with van der Waals surface area (Å²) in [5, 5.41) is 8.70. The number of nitrogens with zero attached hydrogens (tertiary/aromatic N) is 2. The number of benzene rings is 2. The smallest absolute Gasteiger partial charge is 0.274 e. The zero-order valence-corrected chi connectivity index (χ0v) is 15.4. The van der Waals surface area contributed by atoms with E-state index in [1.807, 2.05) is 31.2 Å². The Morgan fingerprint density at radius 3 is 2.70 bits per heavy atom. The molecule has 1 atom stereocenters. The molecule has 3 aromatic rings. The van der Waals surface area contributed by atoms with E-state index in [0.29, 0.717) is 23.0 Å². The van der Waals surface area contributed by atoms with Crippen LogP contribution in [0.2, 0.25) is 0 Å². The molecule has 1 aliphatic rings. The molecule has 1 amide bonds. The zero-order valence-electron chi connectivity index (χ0n) is 15.4. The van der Waals surface area contributed by atoms with Crippen LogP contribution in [0.15, 0.2) is 53.3 Å². The summed E-state index contributed by atoms with van der Waals surface area (Å²) in [6.45, 7) is 2.48. The van der Waals surface area contributed by atoms with E-state index in [4.69, 9.17) is 0 Å². The van der Waals surface area contributed by atoms with Gasteiger partial charge in [0.2, 0.25) is 0 Å². The number of fused-ring (bicyclic) bond motifs is 2. The monoisotopic (exact) mass is 361 g/mol. The Balaban J connectivity index is 1.73. The summed E-state index contributed by atoms with van der Waals surface area (Å²) >= 11 is 0. The van der Waals surface area contributed by atoms with Gasteiger partial charge in [-0.25, -0.2) is 4.68 Å². The molecular formula is C22H23N3O2. The van der Waals surface area contributed by atoms with E-state index in [9.17, 15) is 9.59 Å². The summed E-state index contributed by atoms with van der Waals surface area (Å²) in [5.74, 6) is -0.224. The lowest BCUT2D eigenvalue weighted by atomic mass is 9.87. The zero-order chi connectivity index (χ0) is 18.8. The van der Waals surface area contributed by atoms with Gasteiger partial charge in [-0.2, -0.15) is 5.10 Å². The van der Waals surface area contributed by atoms with Gasteiger partial charge in [-0.15, -0.1) is 0 Å². The van der Waals surface area contributed by atoms with E-state index >= 15 is 0 Å². The predicted octanol–water partition coefficient (Wildman–Crippen LogP) is 3.61. The largest absolute Gasteiger partial charge is 0.344 e. The number of carbonyl (C=O) groups excluding carboxylic acids is 1. The molecule has 138 valence electrons. The van der Waals surface area contributed by atoms with Gasteiger partial charge in [0.25, 0.3) is 11.5 Å². The van der Waals surface area contributed by atoms with Crippen LogP contribution in [-0.4, -0.2) is 15.7 Å². The van der Waals surface area contributed by atoms with E-state index in [1.165, 1.54) is 15.8 Å². The fourth-order valence-electron chi connectivity index (χ4n) is 3.90. The van der Waals surface area contributed by atoms with Crippen molar-refractivity contribution >= 4 is 16.7 Å². The Morgan fingerprint density at radius 2 is 1.89 bits per heavy atom. The molecule has 0 radical (unpaired) electrons. The van der Waals surface area contributed by atoms with E-state index in [0.717, 1.165) is 25.7 Å². The highest BCUT2D eigenvalue weighted by Crippen LogP contribution is 2.29. The van der Waals surface area contributed by atoms with Gasteiger partial charge in [0.05, 0.1) is 11.4 Å². The van der Waals surface area contributed by atoms with Crippen LogP contribution in [0.4, 0.5) is 0 Å². The van der Waals surface area contributed by atoms with Crippen molar-refractivity contribution in [2.45, 2.75) is 45.2 Å². The average molecular weight is 361 g/mol. The van der Waals surface area contributed by atoms with Crippen LogP contribution >= 0.6 is 0 Å². The minimum Gasteiger partial charge on any atom is -0.344 e. The SMILES string of the molecule is CCCn1nc(C(=O)N[C@@H]2CCCc3ccccc32)c2ccccc2c1=O. The van der Waals surface area contributed by atoms with Crippen molar-refractivity contribution in [2.24, 2.45) is 0 Å². The van der Waals surface area contributed by atoms with Crippen molar-refractivity contribution in [3.05, 3.63) is 75.7 Å². The molecule has 0 bridgehead atoms. The molecular weight excluding hydrogens is 338 g/mol. The fraction of sp³-hybridized carbons (Fsp3) is 0.318. The van der Waals surface area contributed by atoms with Crippen LogP contribution < -0.4 is 10.9 Å². The first-order valence-electron chi connectivity index (χ1n) is 9.57. The molecule has 5 heteroatoms. The van der Waals surface area contributed by atoms with Crippen LogP contribution in [0.5, 0.6) is 0 Å². The van der Waals surface area contributed by atoms with Gasteiger partial charge in [0.1, 0.15) is 0 Å². The topological polar surface area (TPSA) is 64.0 Å². The van der Waals surface area contributed by atoms with Crippen LogP contribution in [0, 0.1) is 0 Å². The van der Waals surface area contributed by atoms with Crippen molar-refractivity contribution in [3.8, 4) is 0 Å². The third kappa shape index (κ3) is 3.25. The molecule has 1 aliphatic carbocycles. The summed E-state index contributed by atoms with van der Waals surface area (Å²) < 4.78 is 1.41. The maximum atomic E-state index is 13.1. The second kappa shape index (κ2) is 7.35. The number of carbonyl (C=O) groups is 1. The van der Waals surface area contributed by atoms with Gasteiger partial charge >= 0.3 is 0 Å². The molecule has 4 rings (SSSR count). The van der Waals surface area contributed by atoms with Gasteiger partial charge in [-0.3, -0.25) is 9.59 Å². The first-order chi connectivity index (χ1) is 13.2. The van der Waals surface area contributed by atoms with Crippen LogP contribution in [0.1, 0.15) is 53.8 Å². The highest BCUT2D eigenvalue weighted by atomic mass is 16.2. The molecule has 1 heterocycles. The standard InChI is InChI=1S/C22H23N3O2/c1-2-14-25-22(27)18-12-6-5-11-17(18)20(24-25)21(26)23-19-13-7-9-15-8-3-4-10-16(15)19/h3-6,8,10-12,19H,2,7,9,13-14H2,1H3,(H,23,26)/t19-/m1/s1. The molecule has 1 aromatic heterocycles. The van der Waals surface area contributed by atoms with Crippen molar-refractivity contribution in [2.75, 3.05) is 0 Å². The minimum atomic E-state index is -0.224. The number of amides is 1. The Morgan fingerprint density at radius 1 is 1.15 bits per heavy atom. The van der Waals surface area contributed by atoms with Gasteiger partial charge in [-0.1, -0.05) is 49.4 Å². The molecule has 0 unspecified atom stereocenters. The van der Waals surface area contributed by atoms with Gasteiger partial charge in [0, 0.05) is 11.9 Å². The second-order valence-corrected chi connectivity index (χ2v) is 7.04. The third-order valence-corrected chi connectivity index (χ3v) is 5.19. The minimum absolute atomic E-state index is 0.0189. The van der Waals surface area contributed by atoms with E-state index in [-0.39, 0.29) is 17.5 Å². The number of aromatic nitrogens is 2.